The molecule has 2 aromatic rings. The summed E-state index contributed by atoms with van der Waals surface area (Å²) in [6.45, 7) is 3.38. The van der Waals surface area contributed by atoms with Crippen LogP contribution in [0.2, 0.25) is 0 Å². The maximum Gasteiger partial charge on any atom is 0.161 e. The molecule has 0 aliphatic rings. The quantitative estimate of drug-likeness (QED) is 0.787. The molecular formula is C16H18O4. The van der Waals surface area contributed by atoms with E-state index in [1.54, 1.807) is 24.3 Å². The Morgan fingerprint density at radius 3 is 2.05 bits per heavy atom. The van der Waals surface area contributed by atoms with E-state index >= 15 is 0 Å². The molecule has 2 aromatic carbocycles. The fourth-order valence-electron chi connectivity index (χ4n) is 1.70. The maximum atomic E-state index is 9.16. The van der Waals surface area contributed by atoms with Crippen LogP contribution in [0.5, 0.6) is 23.0 Å². The number of phenolic OH excluding ortho intramolecular Hbond substituents is 1. The SMILES string of the molecule is CCOc1ccccc1OCCOc1ccc(O)cc1. The molecular weight excluding hydrogens is 256 g/mol. The van der Waals surface area contributed by atoms with E-state index in [1.165, 1.54) is 0 Å². The highest BCUT2D eigenvalue weighted by atomic mass is 16.5. The van der Waals surface area contributed by atoms with Crippen molar-refractivity contribution in [1.29, 1.82) is 0 Å². The Balaban J connectivity index is 1.79. The van der Waals surface area contributed by atoms with Gasteiger partial charge in [-0.15, -0.1) is 0 Å². The lowest BCUT2D eigenvalue weighted by molar-refractivity contribution is 0.208. The highest BCUT2D eigenvalue weighted by Gasteiger charge is 2.03. The maximum absolute atomic E-state index is 9.16. The molecule has 0 saturated carbocycles. The number of hydrogen-bond donors (Lipinski definition) is 1. The zero-order valence-electron chi connectivity index (χ0n) is 11.4. The average Bonchev–Trinajstić information content (AvgIpc) is 2.47. The molecule has 0 radical (unpaired) electrons. The average molecular weight is 274 g/mol. The van der Waals surface area contributed by atoms with Gasteiger partial charge in [0.15, 0.2) is 11.5 Å². The number of benzene rings is 2. The molecule has 0 aromatic heterocycles. The van der Waals surface area contributed by atoms with Gasteiger partial charge in [-0.1, -0.05) is 12.1 Å². The smallest absolute Gasteiger partial charge is 0.161 e. The van der Waals surface area contributed by atoms with Crippen molar-refractivity contribution in [1.82, 2.24) is 0 Å². The lowest BCUT2D eigenvalue weighted by atomic mass is 10.3. The molecule has 0 spiro atoms. The molecule has 106 valence electrons. The van der Waals surface area contributed by atoms with Gasteiger partial charge >= 0.3 is 0 Å². The third kappa shape index (κ3) is 4.09. The van der Waals surface area contributed by atoms with Crippen LogP contribution in [-0.4, -0.2) is 24.9 Å². The molecule has 0 unspecified atom stereocenters. The van der Waals surface area contributed by atoms with Crippen molar-refractivity contribution < 1.29 is 19.3 Å². The molecule has 4 nitrogen and oxygen atoms in total. The van der Waals surface area contributed by atoms with Crippen molar-refractivity contribution in [3.05, 3.63) is 48.5 Å². The number of phenols is 1. The van der Waals surface area contributed by atoms with Crippen LogP contribution in [-0.2, 0) is 0 Å². The van der Waals surface area contributed by atoms with Crippen molar-refractivity contribution in [2.45, 2.75) is 6.92 Å². The Kier molecular flexibility index (Phi) is 5.12. The summed E-state index contributed by atoms with van der Waals surface area (Å²) < 4.78 is 16.6. The number of hydrogen-bond acceptors (Lipinski definition) is 4. The minimum Gasteiger partial charge on any atom is -0.508 e. The Morgan fingerprint density at radius 1 is 0.800 bits per heavy atom. The predicted octanol–water partition coefficient (Wildman–Crippen LogP) is 3.25. The summed E-state index contributed by atoms with van der Waals surface area (Å²) in [6.07, 6.45) is 0. The van der Waals surface area contributed by atoms with Crippen LogP contribution in [0.1, 0.15) is 6.92 Å². The second kappa shape index (κ2) is 7.28. The molecule has 1 N–H and O–H groups in total. The van der Waals surface area contributed by atoms with Gasteiger partial charge in [0.1, 0.15) is 24.7 Å². The van der Waals surface area contributed by atoms with E-state index in [2.05, 4.69) is 0 Å². The standard InChI is InChI=1S/C16H18O4/c1-2-18-15-5-3-4-6-16(15)20-12-11-19-14-9-7-13(17)8-10-14/h3-10,17H,2,11-12H2,1H3. The molecule has 0 aliphatic carbocycles. The van der Waals surface area contributed by atoms with Crippen molar-refractivity contribution >= 4 is 0 Å². The summed E-state index contributed by atoms with van der Waals surface area (Å²) in [5.41, 5.74) is 0. The molecule has 4 heteroatoms. The van der Waals surface area contributed by atoms with E-state index in [4.69, 9.17) is 19.3 Å². The van der Waals surface area contributed by atoms with Gasteiger partial charge < -0.3 is 19.3 Å². The highest BCUT2D eigenvalue weighted by Crippen LogP contribution is 2.26. The van der Waals surface area contributed by atoms with Gasteiger partial charge in [-0.3, -0.25) is 0 Å². The van der Waals surface area contributed by atoms with E-state index in [-0.39, 0.29) is 5.75 Å². The third-order valence-electron chi connectivity index (χ3n) is 2.60. The summed E-state index contributed by atoms with van der Waals surface area (Å²) in [5, 5.41) is 9.16. The molecule has 0 aliphatic heterocycles. The number of aromatic hydroxyl groups is 1. The molecule has 0 heterocycles. The summed E-state index contributed by atoms with van der Waals surface area (Å²) in [7, 11) is 0. The monoisotopic (exact) mass is 274 g/mol. The summed E-state index contributed by atoms with van der Waals surface area (Å²) in [5.74, 6) is 2.37. The van der Waals surface area contributed by atoms with Crippen molar-refractivity contribution in [2.75, 3.05) is 19.8 Å². The van der Waals surface area contributed by atoms with Crippen molar-refractivity contribution in [3.8, 4) is 23.0 Å². The normalized spacial score (nSPS) is 10.1. The van der Waals surface area contributed by atoms with Gasteiger partial charge in [-0.05, 0) is 43.3 Å². The molecule has 0 bridgehead atoms. The Bertz CT molecular complexity index is 522. The van der Waals surface area contributed by atoms with Gasteiger partial charge in [0, 0.05) is 0 Å². The van der Waals surface area contributed by atoms with Crippen molar-refractivity contribution in [3.63, 3.8) is 0 Å². The number of rotatable bonds is 7. The van der Waals surface area contributed by atoms with Crippen LogP contribution in [0.15, 0.2) is 48.5 Å². The van der Waals surface area contributed by atoms with Crippen LogP contribution >= 0.6 is 0 Å². The van der Waals surface area contributed by atoms with Crippen molar-refractivity contribution in [2.24, 2.45) is 0 Å². The zero-order valence-corrected chi connectivity index (χ0v) is 11.4. The number of ether oxygens (including phenoxy) is 3. The van der Waals surface area contributed by atoms with Crippen LogP contribution in [0.25, 0.3) is 0 Å². The Hall–Kier alpha value is -2.36. The summed E-state index contributed by atoms with van der Waals surface area (Å²) in [4.78, 5) is 0. The van der Waals surface area contributed by atoms with Crippen LogP contribution in [0.4, 0.5) is 0 Å². The zero-order chi connectivity index (χ0) is 14.2. The first-order valence-corrected chi connectivity index (χ1v) is 6.56. The summed E-state index contributed by atoms with van der Waals surface area (Å²) in [6, 6.07) is 14.1. The highest BCUT2D eigenvalue weighted by molar-refractivity contribution is 5.39. The fraction of sp³-hybridized carbons (Fsp3) is 0.250. The number of para-hydroxylation sites is 2. The summed E-state index contributed by atoms with van der Waals surface area (Å²) >= 11 is 0. The largest absolute Gasteiger partial charge is 0.508 e. The molecule has 2 rings (SSSR count). The lowest BCUT2D eigenvalue weighted by Crippen LogP contribution is -2.09. The molecule has 0 amide bonds. The van der Waals surface area contributed by atoms with E-state index in [0.29, 0.717) is 31.3 Å². The first-order chi connectivity index (χ1) is 9.79. The van der Waals surface area contributed by atoms with Gasteiger partial charge in [0.05, 0.1) is 6.61 Å². The van der Waals surface area contributed by atoms with Gasteiger partial charge in [0.25, 0.3) is 0 Å². The van der Waals surface area contributed by atoms with Crippen LogP contribution in [0, 0.1) is 0 Å². The van der Waals surface area contributed by atoms with E-state index in [1.807, 2.05) is 31.2 Å². The first-order valence-electron chi connectivity index (χ1n) is 6.56. The van der Waals surface area contributed by atoms with E-state index in [9.17, 15) is 0 Å². The topological polar surface area (TPSA) is 47.9 Å². The first kappa shape index (κ1) is 14.1. The van der Waals surface area contributed by atoms with Gasteiger partial charge in [-0.2, -0.15) is 0 Å². The van der Waals surface area contributed by atoms with Gasteiger partial charge in [0.2, 0.25) is 0 Å². The van der Waals surface area contributed by atoms with Crippen LogP contribution in [0.3, 0.4) is 0 Å². The van der Waals surface area contributed by atoms with E-state index < -0.39 is 0 Å². The lowest BCUT2D eigenvalue weighted by Gasteiger charge is -2.12. The predicted molar refractivity (Wildman–Crippen MR) is 76.7 cm³/mol. The molecule has 0 atom stereocenters. The molecule has 20 heavy (non-hydrogen) atoms. The minimum atomic E-state index is 0.222. The second-order valence-electron chi connectivity index (χ2n) is 4.07. The minimum absolute atomic E-state index is 0.222. The van der Waals surface area contributed by atoms with E-state index in [0.717, 1.165) is 5.75 Å². The molecule has 0 fully saturated rings. The Labute approximate surface area is 118 Å². The fourth-order valence-corrected chi connectivity index (χ4v) is 1.70. The van der Waals surface area contributed by atoms with Gasteiger partial charge in [-0.25, -0.2) is 0 Å². The second-order valence-corrected chi connectivity index (χ2v) is 4.07. The Morgan fingerprint density at radius 2 is 1.40 bits per heavy atom. The third-order valence-corrected chi connectivity index (χ3v) is 2.60. The molecule has 0 saturated heterocycles. The van der Waals surface area contributed by atoms with Crippen LogP contribution < -0.4 is 14.2 Å².